The minimum Gasteiger partial charge on any atom is -0.472 e. The molecule has 0 aliphatic carbocycles. The minimum atomic E-state index is 0.733. The van der Waals surface area contributed by atoms with Gasteiger partial charge >= 0.3 is 0 Å². The lowest BCUT2D eigenvalue weighted by molar-refractivity contribution is 0.564. The number of hydrogen-bond donors (Lipinski definition) is 0. The number of hydrogen-bond acceptors (Lipinski definition) is 5. The van der Waals surface area contributed by atoms with Gasteiger partial charge in [0, 0.05) is 31.1 Å². The Hall–Kier alpha value is -3.15. The Labute approximate surface area is 152 Å². The van der Waals surface area contributed by atoms with E-state index in [1.807, 2.05) is 46.9 Å². The molecular formula is C20H21N5O. The lowest BCUT2D eigenvalue weighted by Crippen LogP contribution is -2.18. The van der Waals surface area contributed by atoms with Crippen LogP contribution >= 0.6 is 0 Å². The molecule has 0 radical (unpaired) electrons. The van der Waals surface area contributed by atoms with Crippen LogP contribution in [0.25, 0.3) is 5.65 Å². The first-order valence-electron chi connectivity index (χ1n) is 8.79. The highest BCUT2D eigenvalue weighted by atomic mass is 16.3. The lowest BCUT2D eigenvalue weighted by Gasteiger charge is -2.19. The summed E-state index contributed by atoms with van der Waals surface area (Å²) in [5.41, 5.74) is 4.08. The SMILES string of the molecule is CCCc1nc(N(C)c2ccccc2)n2ncc(Cc3ccoc3)c2n1. The molecule has 0 atom stereocenters. The van der Waals surface area contributed by atoms with Crippen LogP contribution in [0.2, 0.25) is 0 Å². The van der Waals surface area contributed by atoms with Crippen molar-refractivity contribution in [2.24, 2.45) is 0 Å². The van der Waals surface area contributed by atoms with Crippen molar-refractivity contribution in [3.63, 3.8) is 0 Å². The Morgan fingerprint density at radius 3 is 2.69 bits per heavy atom. The Morgan fingerprint density at radius 2 is 1.96 bits per heavy atom. The van der Waals surface area contributed by atoms with E-state index in [9.17, 15) is 0 Å². The van der Waals surface area contributed by atoms with Crippen LogP contribution in [0, 0.1) is 0 Å². The highest BCUT2D eigenvalue weighted by molar-refractivity contribution is 5.60. The summed E-state index contributed by atoms with van der Waals surface area (Å²) in [6, 6.07) is 12.1. The van der Waals surface area contributed by atoms with Crippen LogP contribution in [0.5, 0.6) is 0 Å². The molecule has 0 fully saturated rings. The summed E-state index contributed by atoms with van der Waals surface area (Å²) in [6.45, 7) is 2.14. The van der Waals surface area contributed by atoms with Crippen molar-refractivity contribution in [2.45, 2.75) is 26.2 Å². The Bertz CT molecular complexity index is 992. The van der Waals surface area contributed by atoms with Crippen LogP contribution in [0.3, 0.4) is 0 Å². The maximum Gasteiger partial charge on any atom is 0.234 e. The fraction of sp³-hybridized carbons (Fsp3) is 0.250. The average Bonchev–Trinajstić information content (AvgIpc) is 3.32. The smallest absolute Gasteiger partial charge is 0.234 e. The summed E-state index contributed by atoms with van der Waals surface area (Å²) < 4.78 is 7.01. The van der Waals surface area contributed by atoms with E-state index in [1.165, 1.54) is 0 Å². The van der Waals surface area contributed by atoms with Gasteiger partial charge in [0.2, 0.25) is 5.95 Å². The fourth-order valence-corrected chi connectivity index (χ4v) is 3.01. The highest BCUT2D eigenvalue weighted by Gasteiger charge is 2.17. The van der Waals surface area contributed by atoms with Crippen molar-refractivity contribution in [3.05, 3.63) is 72.1 Å². The standard InChI is InChI=1S/C20H21N5O/c1-3-7-18-22-19-16(12-15-10-11-26-14-15)13-21-25(19)20(23-18)24(2)17-8-5-4-6-9-17/h4-6,8-11,13-14H,3,7,12H2,1-2H3. The second kappa shape index (κ2) is 7.00. The normalized spacial score (nSPS) is 11.2. The number of nitrogens with zero attached hydrogens (tertiary/aromatic N) is 5. The zero-order valence-electron chi connectivity index (χ0n) is 15.0. The van der Waals surface area contributed by atoms with E-state index >= 15 is 0 Å². The van der Waals surface area contributed by atoms with Gasteiger partial charge in [0.1, 0.15) is 5.82 Å². The maximum absolute atomic E-state index is 5.19. The van der Waals surface area contributed by atoms with Crippen molar-refractivity contribution in [2.75, 3.05) is 11.9 Å². The number of rotatable bonds is 6. The van der Waals surface area contributed by atoms with Crippen molar-refractivity contribution >= 4 is 17.3 Å². The van der Waals surface area contributed by atoms with E-state index in [0.29, 0.717) is 0 Å². The van der Waals surface area contributed by atoms with Gasteiger partial charge in [0.25, 0.3) is 0 Å². The summed E-state index contributed by atoms with van der Waals surface area (Å²) in [5, 5.41) is 4.57. The van der Waals surface area contributed by atoms with E-state index in [-0.39, 0.29) is 0 Å². The number of benzene rings is 1. The molecule has 4 aromatic rings. The van der Waals surface area contributed by atoms with Gasteiger partial charge in [-0.15, -0.1) is 0 Å². The molecule has 0 aliphatic heterocycles. The van der Waals surface area contributed by atoms with Crippen LogP contribution in [0.1, 0.15) is 30.3 Å². The molecule has 6 heteroatoms. The van der Waals surface area contributed by atoms with E-state index in [2.05, 4.69) is 24.2 Å². The monoisotopic (exact) mass is 347 g/mol. The molecule has 6 nitrogen and oxygen atoms in total. The molecule has 0 unspecified atom stereocenters. The Kier molecular flexibility index (Phi) is 4.39. The molecule has 0 aliphatic rings. The van der Waals surface area contributed by atoms with Gasteiger partial charge in [0.15, 0.2) is 5.65 Å². The molecule has 1 aromatic carbocycles. The van der Waals surface area contributed by atoms with E-state index in [4.69, 9.17) is 14.4 Å². The third-order valence-electron chi connectivity index (χ3n) is 4.36. The number of aromatic nitrogens is 4. The average molecular weight is 347 g/mol. The van der Waals surface area contributed by atoms with Crippen molar-refractivity contribution in [1.82, 2.24) is 19.6 Å². The van der Waals surface area contributed by atoms with Crippen LogP contribution in [-0.4, -0.2) is 26.6 Å². The zero-order chi connectivity index (χ0) is 17.9. The van der Waals surface area contributed by atoms with Gasteiger partial charge in [-0.2, -0.15) is 14.6 Å². The summed E-state index contributed by atoms with van der Waals surface area (Å²) in [7, 11) is 2.00. The summed E-state index contributed by atoms with van der Waals surface area (Å²) in [4.78, 5) is 11.6. The minimum absolute atomic E-state index is 0.733. The highest BCUT2D eigenvalue weighted by Crippen LogP contribution is 2.24. The fourth-order valence-electron chi connectivity index (χ4n) is 3.01. The predicted octanol–water partition coefficient (Wildman–Crippen LogP) is 4.03. The van der Waals surface area contributed by atoms with Gasteiger partial charge in [-0.3, -0.25) is 0 Å². The molecule has 0 spiro atoms. The Balaban J connectivity index is 1.82. The summed E-state index contributed by atoms with van der Waals surface area (Å²) in [5.74, 6) is 1.61. The van der Waals surface area contributed by atoms with Crippen molar-refractivity contribution < 1.29 is 4.42 Å². The number of para-hydroxylation sites is 1. The van der Waals surface area contributed by atoms with E-state index in [0.717, 1.165) is 53.5 Å². The molecule has 26 heavy (non-hydrogen) atoms. The molecule has 0 bridgehead atoms. The lowest BCUT2D eigenvalue weighted by atomic mass is 10.1. The Morgan fingerprint density at radius 1 is 1.12 bits per heavy atom. The maximum atomic E-state index is 5.19. The second-order valence-corrected chi connectivity index (χ2v) is 6.30. The topological polar surface area (TPSA) is 59.5 Å². The van der Waals surface area contributed by atoms with Gasteiger partial charge < -0.3 is 9.32 Å². The van der Waals surface area contributed by atoms with Crippen molar-refractivity contribution in [3.8, 4) is 0 Å². The van der Waals surface area contributed by atoms with Gasteiger partial charge in [0.05, 0.1) is 18.7 Å². The molecule has 0 amide bonds. The number of furan rings is 1. The molecule has 0 saturated heterocycles. The van der Waals surface area contributed by atoms with Crippen LogP contribution < -0.4 is 4.90 Å². The van der Waals surface area contributed by atoms with Crippen LogP contribution in [0.4, 0.5) is 11.6 Å². The first-order chi connectivity index (χ1) is 12.8. The van der Waals surface area contributed by atoms with Gasteiger partial charge in [-0.1, -0.05) is 25.1 Å². The van der Waals surface area contributed by atoms with Gasteiger partial charge in [-0.05, 0) is 30.2 Å². The summed E-state index contributed by atoms with van der Waals surface area (Å²) in [6.07, 6.45) is 7.88. The van der Waals surface area contributed by atoms with E-state index in [1.54, 1.807) is 12.5 Å². The first kappa shape index (κ1) is 16.3. The van der Waals surface area contributed by atoms with Gasteiger partial charge in [-0.25, -0.2) is 4.98 Å². The molecule has 3 aromatic heterocycles. The molecular weight excluding hydrogens is 326 g/mol. The van der Waals surface area contributed by atoms with E-state index < -0.39 is 0 Å². The number of aryl methyl sites for hydroxylation is 1. The van der Waals surface area contributed by atoms with Crippen LogP contribution in [0.15, 0.2) is 59.5 Å². The van der Waals surface area contributed by atoms with Crippen molar-refractivity contribution in [1.29, 1.82) is 0 Å². The largest absolute Gasteiger partial charge is 0.472 e. The number of fused-ring (bicyclic) bond motifs is 1. The number of anilines is 2. The third kappa shape index (κ3) is 3.06. The third-order valence-corrected chi connectivity index (χ3v) is 4.36. The molecule has 132 valence electrons. The first-order valence-corrected chi connectivity index (χ1v) is 8.79. The molecule has 0 N–H and O–H groups in total. The summed E-state index contributed by atoms with van der Waals surface area (Å²) >= 11 is 0. The quantitative estimate of drug-likeness (QED) is 0.527. The van der Waals surface area contributed by atoms with Crippen LogP contribution in [-0.2, 0) is 12.8 Å². The molecule has 4 rings (SSSR count). The molecule has 0 saturated carbocycles. The second-order valence-electron chi connectivity index (χ2n) is 6.30. The molecule has 3 heterocycles. The predicted molar refractivity (Wildman–Crippen MR) is 101 cm³/mol. The zero-order valence-corrected chi connectivity index (χ0v) is 15.0.